The smallest absolute Gasteiger partial charge is 0.356 e. The maximum Gasteiger partial charge on any atom is 0.356 e. The van der Waals surface area contributed by atoms with E-state index in [1.54, 1.807) is 5.43 Å². The van der Waals surface area contributed by atoms with Crippen LogP contribution < -0.4 is 10.9 Å². The summed E-state index contributed by atoms with van der Waals surface area (Å²) in [5.41, 5.74) is 3.62. The van der Waals surface area contributed by atoms with Crippen LogP contribution in [0.1, 0.15) is 16.1 Å². The number of rotatable bonds is 1. The Kier molecular flexibility index (Phi) is 2.04. The molecule has 1 aromatic heterocycles. The number of halogens is 2. The lowest BCUT2D eigenvalue weighted by Gasteiger charge is -2.07. The fraction of sp³-hybridized carbons (Fsp3) is 0.250. The third-order valence-electron chi connectivity index (χ3n) is 1.97. The zero-order valence-corrected chi connectivity index (χ0v) is 7.67. The predicted molar refractivity (Wildman–Crippen MR) is 46.2 cm³/mol. The van der Waals surface area contributed by atoms with E-state index in [1.807, 2.05) is 0 Å². The lowest BCUT2D eigenvalue weighted by Crippen LogP contribution is -2.30. The van der Waals surface area contributed by atoms with E-state index in [2.05, 4.69) is 15.1 Å². The number of carbonyl (C=O) groups excluding carboxylic acids is 1. The highest BCUT2D eigenvalue weighted by Gasteiger charge is 2.40. The van der Waals surface area contributed by atoms with E-state index in [0.29, 0.717) is 0 Å². The van der Waals surface area contributed by atoms with Crippen molar-refractivity contribution in [2.75, 3.05) is 12.5 Å². The summed E-state index contributed by atoms with van der Waals surface area (Å²) in [6.45, 7) is 0. The van der Waals surface area contributed by atoms with Gasteiger partial charge in [0.2, 0.25) is 0 Å². The fourth-order valence-corrected chi connectivity index (χ4v) is 1.23. The largest absolute Gasteiger partial charge is 0.464 e. The van der Waals surface area contributed by atoms with Crippen LogP contribution in [-0.4, -0.2) is 18.1 Å². The summed E-state index contributed by atoms with van der Waals surface area (Å²) < 4.78 is 30.5. The first-order chi connectivity index (χ1) is 7.04. The highest BCUT2D eigenvalue weighted by molar-refractivity contribution is 5.87. The Morgan fingerprint density at radius 1 is 1.53 bits per heavy atom. The monoisotopic (exact) mass is 215 g/mol. The molecule has 0 saturated heterocycles. The van der Waals surface area contributed by atoms with Crippen LogP contribution in [0.5, 0.6) is 0 Å². The molecule has 0 amide bonds. The van der Waals surface area contributed by atoms with Gasteiger partial charge in [0.15, 0.2) is 11.5 Å². The van der Waals surface area contributed by atoms with Gasteiger partial charge in [0.05, 0.1) is 12.7 Å². The molecule has 0 aliphatic carbocycles. The molecule has 2 rings (SSSR count). The second-order valence-electron chi connectivity index (χ2n) is 2.91. The fourth-order valence-electron chi connectivity index (χ4n) is 1.23. The molecule has 1 aromatic rings. The number of aromatic nitrogens is 1. The van der Waals surface area contributed by atoms with Gasteiger partial charge in [-0.3, -0.25) is 0 Å². The van der Waals surface area contributed by atoms with E-state index < -0.39 is 12.0 Å². The molecule has 0 saturated carbocycles. The first-order valence-electron chi connectivity index (χ1n) is 4.05. The molecule has 7 heteroatoms. The number of esters is 1. The second kappa shape index (κ2) is 3.13. The van der Waals surface area contributed by atoms with Gasteiger partial charge in [0.1, 0.15) is 0 Å². The number of pyridine rings is 1. The molecule has 0 unspecified atom stereocenters. The maximum absolute atomic E-state index is 13.0. The van der Waals surface area contributed by atoms with E-state index in [-0.39, 0.29) is 17.1 Å². The SMILES string of the molecule is COC(=O)c1ccc2c(n1)NNC2(F)F. The van der Waals surface area contributed by atoms with Crippen molar-refractivity contribution in [3.8, 4) is 0 Å². The highest BCUT2D eigenvalue weighted by Crippen LogP contribution is 2.34. The van der Waals surface area contributed by atoms with Gasteiger partial charge in [-0.1, -0.05) is 0 Å². The normalized spacial score (nSPS) is 16.7. The van der Waals surface area contributed by atoms with Crippen molar-refractivity contribution in [3.63, 3.8) is 0 Å². The number of hydrogen-bond donors (Lipinski definition) is 2. The minimum atomic E-state index is -3.17. The number of ether oxygens (including phenoxy) is 1. The van der Waals surface area contributed by atoms with Crippen molar-refractivity contribution < 1.29 is 18.3 Å². The van der Waals surface area contributed by atoms with Crippen molar-refractivity contribution in [1.82, 2.24) is 10.4 Å². The van der Waals surface area contributed by atoms with Crippen LogP contribution in [0.3, 0.4) is 0 Å². The van der Waals surface area contributed by atoms with E-state index >= 15 is 0 Å². The molecule has 1 aliphatic rings. The number of nitrogens with one attached hydrogen (secondary N) is 2. The molecule has 0 spiro atoms. The van der Waals surface area contributed by atoms with Gasteiger partial charge < -0.3 is 10.2 Å². The van der Waals surface area contributed by atoms with Crippen LogP contribution in [0.4, 0.5) is 14.6 Å². The first kappa shape index (κ1) is 9.78. The summed E-state index contributed by atoms with van der Waals surface area (Å²) >= 11 is 0. The Morgan fingerprint density at radius 2 is 2.27 bits per heavy atom. The van der Waals surface area contributed by atoms with Crippen molar-refractivity contribution in [2.24, 2.45) is 0 Å². The molecule has 2 heterocycles. The number of nitrogens with zero attached hydrogens (tertiary/aromatic N) is 1. The molecule has 0 radical (unpaired) electrons. The van der Waals surface area contributed by atoms with Crippen LogP contribution in [0.15, 0.2) is 12.1 Å². The van der Waals surface area contributed by atoms with Gasteiger partial charge in [-0.25, -0.2) is 9.78 Å². The predicted octanol–water partition coefficient (Wildman–Crippen LogP) is 0.848. The summed E-state index contributed by atoms with van der Waals surface area (Å²) in [6.07, 6.45) is 0. The third kappa shape index (κ3) is 1.50. The number of carbonyl (C=O) groups is 1. The first-order valence-corrected chi connectivity index (χ1v) is 4.05. The Morgan fingerprint density at radius 3 is 2.93 bits per heavy atom. The van der Waals surface area contributed by atoms with Gasteiger partial charge in [0, 0.05) is 0 Å². The standard InChI is InChI=1S/C8H7F2N3O2/c1-15-7(14)5-3-2-4-6(11-5)12-13-8(4,9)10/h2-3,13H,1H3,(H,11,12). The van der Waals surface area contributed by atoms with E-state index in [4.69, 9.17) is 0 Å². The summed E-state index contributed by atoms with van der Waals surface area (Å²) in [7, 11) is 1.19. The number of anilines is 1. The van der Waals surface area contributed by atoms with Crippen molar-refractivity contribution in [1.29, 1.82) is 0 Å². The second-order valence-corrected chi connectivity index (χ2v) is 2.91. The van der Waals surface area contributed by atoms with Gasteiger partial charge in [-0.15, -0.1) is 0 Å². The average molecular weight is 215 g/mol. The minimum Gasteiger partial charge on any atom is -0.464 e. The summed E-state index contributed by atoms with van der Waals surface area (Å²) in [5.74, 6) is -0.738. The molecule has 15 heavy (non-hydrogen) atoms. The quantitative estimate of drug-likeness (QED) is 0.537. The topological polar surface area (TPSA) is 63.2 Å². The van der Waals surface area contributed by atoms with Crippen molar-refractivity contribution in [3.05, 3.63) is 23.4 Å². The molecule has 1 aliphatic heterocycles. The van der Waals surface area contributed by atoms with Gasteiger partial charge in [-0.2, -0.15) is 14.2 Å². The molecular formula is C8H7F2N3O2. The molecule has 0 fully saturated rings. The van der Waals surface area contributed by atoms with E-state index in [0.717, 1.165) is 6.07 Å². The Bertz CT molecular complexity index is 422. The van der Waals surface area contributed by atoms with E-state index in [1.165, 1.54) is 13.2 Å². The zero-order valence-electron chi connectivity index (χ0n) is 7.67. The zero-order chi connectivity index (χ0) is 11.1. The number of hydrogen-bond acceptors (Lipinski definition) is 5. The lowest BCUT2D eigenvalue weighted by atomic mass is 10.2. The maximum atomic E-state index is 13.0. The average Bonchev–Trinajstić information content (AvgIpc) is 2.53. The van der Waals surface area contributed by atoms with Crippen molar-refractivity contribution in [2.45, 2.75) is 6.05 Å². The highest BCUT2D eigenvalue weighted by atomic mass is 19.3. The molecule has 0 bridgehead atoms. The summed E-state index contributed by atoms with van der Waals surface area (Å²) in [5, 5.41) is 0. The molecule has 5 nitrogen and oxygen atoms in total. The Labute approximate surface area is 83.4 Å². The lowest BCUT2D eigenvalue weighted by molar-refractivity contribution is -0.0243. The molecular weight excluding hydrogens is 208 g/mol. The molecule has 0 aromatic carbocycles. The van der Waals surface area contributed by atoms with Crippen molar-refractivity contribution >= 4 is 11.8 Å². The third-order valence-corrected chi connectivity index (χ3v) is 1.97. The number of fused-ring (bicyclic) bond motifs is 1. The Hall–Kier alpha value is -1.76. The van der Waals surface area contributed by atoms with Gasteiger partial charge in [0.25, 0.3) is 0 Å². The minimum absolute atomic E-state index is 0.0248. The van der Waals surface area contributed by atoms with Crippen LogP contribution in [0, 0.1) is 0 Å². The van der Waals surface area contributed by atoms with Gasteiger partial charge in [-0.05, 0) is 12.1 Å². The van der Waals surface area contributed by atoms with Crippen LogP contribution in [0.2, 0.25) is 0 Å². The number of hydrazine groups is 1. The summed E-state index contributed by atoms with van der Waals surface area (Å²) in [4.78, 5) is 14.7. The van der Waals surface area contributed by atoms with Crippen LogP contribution in [-0.2, 0) is 10.8 Å². The van der Waals surface area contributed by atoms with Crippen LogP contribution in [0.25, 0.3) is 0 Å². The van der Waals surface area contributed by atoms with Gasteiger partial charge >= 0.3 is 12.0 Å². The number of methoxy groups -OCH3 is 1. The van der Waals surface area contributed by atoms with E-state index in [9.17, 15) is 13.6 Å². The molecule has 80 valence electrons. The summed E-state index contributed by atoms with van der Waals surface area (Å²) in [6, 6.07) is -0.855. The Balaban J connectivity index is 2.42. The molecule has 0 atom stereocenters. The van der Waals surface area contributed by atoms with Crippen LogP contribution >= 0.6 is 0 Å². The molecule has 2 N–H and O–H groups in total. The number of alkyl halides is 2.